The predicted molar refractivity (Wildman–Crippen MR) is 191 cm³/mol. The SMILES string of the molecule is Cn1nnnc1SCC1(C(=O)O)CS[C@@H]2C(NC(=O)C(=NOC(c3ccccc3)(c3ccccc3)c3ccccc3)c3nsc(N)n3)C(=O)N2C1. The smallest absolute Gasteiger partial charge is 0.313 e. The maximum atomic E-state index is 14.1. The van der Waals surface area contributed by atoms with Crippen molar-refractivity contribution in [2.75, 3.05) is 23.8 Å². The van der Waals surface area contributed by atoms with Crippen molar-refractivity contribution in [2.45, 2.75) is 22.2 Å². The zero-order chi connectivity index (χ0) is 35.6. The first kappa shape index (κ1) is 34.1. The number of nitrogens with zero attached hydrogens (tertiary/aromatic N) is 8. The summed E-state index contributed by atoms with van der Waals surface area (Å²) < 4.78 is 5.70. The number of hydrogen-bond donors (Lipinski definition) is 3. The number of aryl methyl sites for hydroxylation is 1. The molecule has 2 saturated heterocycles. The Morgan fingerprint density at radius 3 is 2.18 bits per heavy atom. The summed E-state index contributed by atoms with van der Waals surface area (Å²) in [5.41, 5.74) is 5.32. The summed E-state index contributed by atoms with van der Waals surface area (Å²) in [6, 6.07) is 27.5. The van der Waals surface area contributed by atoms with Gasteiger partial charge in [-0.05, 0) is 10.4 Å². The van der Waals surface area contributed by atoms with Gasteiger partial charge in [0.15, 0.2) is 5.13 Å². The van der Waals surface area contributed by atoms with Gasteiger partial charge in [0.05, 0.1) is 0 Å². The highest BCUT2D eigenvalue weighted by atomic mass is 32.2. The first-order valence-corrected chi connectivity index (χ1v) is 18.4. The Labute approximate surface area is 303 Å². The molecule has 0 saturated carbocycles. The van der Waals surface area contributed by atoms with E-state index in [-0.39, 0.29) is 34.7 Å². The lowest BCUT2D eigenvalue weighted by Crippen LogP contribution is -2.74. The molecule has 2 aliphatic rings. The van der Waals surface area contributed by atoms with Crippen LogP contribution in [0, 0.1) is 5.41 Å². The van der Waals surface area contributed by atoms with E-state index in [1.165, 1.54) is 33.1 Å². The molecule has 4 N–H and O–H groups in total. The molecule has 5 aromatic rings. The van der Waals surface area contributed by atoms with Crippen LogP contribution >= 0.6 is 35.1 Å². The van der Waals surface area contributed by atoms with E-state index < -0.39 is 40.2 Å². The molecule has 0 radical (unpaired) electrons. The maximum absolute atomic E-state index is 14.1. The van der Waals surface area contributed by atoms with Crippen molar-refractivity contribution < 1.29 is 24.3 Å². The molecule has 15 nitrogen and oxygen atoms in total. The lowest BCUT2D eigenvalue weighted by Gasteiger charge is -2.53. The Bertz CT molecular complexity index is 1990. The van der Waals surface area contributed by atoms with Crippen LogP contribution in [0.1, 0.15) is 22.5 Å². The van der Waals surface area contributed by atoms with Gasteiger partial charge in [0.2, 0.25) is 28.2 Å². The van der Waals surface area contributed by atoms with Crippen LogP contribution in [-0.2, 0) is 31.9 Å². The fourth-order valence-corrected chi connectivity index (χ4v) is 9.11. The van der Waals surface area contributed by atoms with Crippen LogP contribution in [0.3, 0.4) is 0 Å². The molecule has 3 aromatic carbocycles. The third-order valence-corrected chi connectivity index (χ3v) is 12.1. The van der Waals surface area contributed by atoms with E-state index in [0.717, 1.165) is 28.2 Å². The molecular formula is C33H30N10O5S3. The van der Waals surface area contributed by atoms with E-state index in [1.54, 1.807) is 7.05 Å². The largest absolute Gasteiger partial charge is 0.481 e. The van der Waals surface area contributed by atoms with Gasteiger partial charge in [-0.15, -0.1) is 16.9 Å². The van der Waals surface area contributed by atoms with Crippen LogP contribution < -0.4 is 11.1 Å². The number of aliphatic carboxylic acids is 1. The molecule has 2 fully saturated rings. The number of aromatic nitrogens is 6. The highest BCUT2D eigenvalue weighted by Crippen LogP contribution is 2.45. The third-order valence-electron chi connectivity index (χ3n) is 8.63. The monoisotopic (exact) mass is 742 g/mol. The first-order chi connectivity index (χ1) is 24.7. The summed E-state index contributed by atoms with van der Waals surface area (Å²) in [6.07, 6.45) is 0. The average Bonchev–Trinajstić information content (AvgIpc) is 3.79. The minimum atomic E-state index is -1.31. The number of nitrogens with two attached hydrogens (primary N) is 1. The Morgan fingerprint density at radius 1 is 1.06 bits per heavy atom. The van der Waals surface area contributed by atoms with Crippen LogP contribution in [0.25, 0.3) is 0 Å². The predicted octanol–water partition coefficient (Wildman–Crippen LogP) is 2.62. The highest BCUT2D eigenvalue weighted by molar-refractivity contribution is 8.00. The van der Waals surface area contributed by atoms with Crippen LogP contribution in [0.15, 0.2) is 101 Å². The zero-order valence-corrected chi connectivity index (χ0v) is 29.3. The average molecular weight is 743 g/mol. The summed E-state index contributed by atoms with van der Waals surface area (Å²) in [6.45, 7) is -0.0362. The topological polar surface area (TPSA) is 204 Å². The van der Waals surface area contributed by atoms with Crippen LogP contribution in [0.2, 0.25) is 0 Å². The number of hydrogen-bond acceptors (Lipinski definition) is 14. The van der Waals surface area contributed by atoms with Crippen molar-refractivity contribution in [2.24, 2.45) is 17.6 Å². The van der Waals surface area contributed by atoms with E-state index in [0.29, 0.717) is 5.16 Å². The molecule has 260 valence electrons. The van der Waals surface area contributed by atoms with Gasteiger partial charge in [-0.1, -0.05) is 108 Å². The summed E-state index contributed by atoms with van der Waals surface area (Å²) >= 11 is 3.37. The molecule has 18 heteroatoms. The molecule has 2 amide bonds. The summed E-state index contributed by atoms with van der Waals surface area (Å²) in [4.78, 5) is 52.3. The molecule has 0 aliphatic carbocycles. The minimum absolute atomic E-state index is 0.0362. The number of carbonyl (C=O) groups excluding carboxylic acids is 2. The number of carboxylic acids is 1. The van der Waals surface area contributed by atoms with Crippen molar-refractivity contribution >= 4 is 63.7 Å². The number of rotatable bonds is 12. The van der Waals surface area contributed by atoms with Crippen LogP contribution in [-0.4, -0.2) is 92.5 Å². The Hall–Kier alpha value is -5.33. The molecule has 51 heavy (non-hydrogen) atoms. The van der Waals surface area contributed by atoms with Crippen molar-refractivity contribution in [1.29, 1.82) is 0 Å². The van der Waals surface area contributed by atoms with E-state index in [1.807, 2.05) is 91.0 Å². The second-order valence-electron chi connectivity index (χ2n) is 11.8. The molecule has 2 aliphatic heterocycles. The number of tetrazole rings is 1. The number of carboxylic acid groups (broad SMARTS) is 1. The van der Waals surface area contributed by atoms with E-state index >= 15 is 0 Å². The molecule has 0 bridgehead atoms. The fourth-order valence-electron chi connectivity index (χ4n) is 5.97. The number of thioether (sulfide) groups is 2. The van der Waals surface area contributed by atoms with E-state index in [9.17, 15) is 19.5 Å². The van der Waals surface area contributed by atoms with Crippen LogP contribution in [0.4, 0.5) is 5.13 Å². The summed E-state index contributed by atoms with van der Waals surface area (Å²) in [5, 5.41) is 28.9. The van der Waals surface area contributed by atoms with Gasteiger partial charge >= 0.3 is 5.97 Å². The summed E-state index contributed by atoms with van der Waals surface area (Å²) in [5.74, 6) is -1.94. The Kier molecular flexibility index (Phi) is 9.45. The number of carbonyl (C=O) groups is 3. The van der Waals surface area contributed by atoms with Crippen molar-refractivity contribution in [3.8, 4) is 0 Å². The number of nitrogen functional groups attached to an aromatic ring is 1. The van der Waals surface area contributed by atoms with Crippen molar-refractivity contribution in [1.82, 2.24) is 39.8 Å². The number of amides is 2. The molecule has 4 heterocycles. The second-order valence-corrected chi connectivity index (χ2v) is 14.7. The molecule has 2 aromatic heterocycles. The van der Waals surface area contributed by atoms with Gasteiger partial charge in [0.25, 0.3) is 5.91 Å². The quantitative estimate of drug-likeness (QED) is 0.0554. The lowest BCUT2D eigenvalue weighted by atomic mass is 9.80. The van der Waals surface area contributed by atoms with Gasteiger partial charge in [-0.2, -0.15) is 9.36 Å². The van der Waals surface area contributed by atoms with Crippen molar-refractivity contribution in [3.05, 3.63) is 114 Å². The Balaban J connectivity index is 1.18. The number of benzene rings is 3. The Morgan fingerprint density at radius 2 is 1.67 bits per heavy atom. The lowest BCUT2D eigenvalue weighted by molar-refractivity contribution is -0.157. The second kappa shape index (κ2) is 14.1. The highest BCUT2D eigenvalue weighted by Gasteiger charge is 2.58. The molecule has 7 rings (SSSR count). The van der Waals surface area contributed by atoms with Gasteiger partial charge in [-0.3, -0.25) is 14.4 Å². The number of oxime groups is 1. The van der Waals surface area contributed by atoms with Gasteiger partial charge in [0.1, 0.15) is 16.8 Å². The molecule has 0 spiro atoms. The standard InChI is InChI=1S/C33H30N10O5S3/c1-42-31(37-40-41-42)50-19-32(29(46)47)17-43-27(45)24(28(43)49-18-32)35-26(44)23(25-36-30(34)51-39-25)38-48-33(20-11-5-2-6-12-20,21-13-7-3-8-14-21)22-15-9-4-10-16-22/h2-16,24,28H,17-19H2,1H3,(H,35,44)(H,46,47)(H2,34,36,39)/t24?,28-,32?/m1/s1. The minimum Gasteiger partial charge on any atom is -0.481 e. The molecular weight excluding hydrogens is 713 g/mol. The van der Waals surface area contributed by atoms with Gasteiger partial charge in [-0.25, -0.2) is 4.68 Å². The third kappa shape index (κ3) is 6.41. The maximum Gasteiger partial charge on any atom is 0.313 e. The number of nitrogens with one attached hydrogen (secondary N) is 1. The van der Waals surface area contributed by atoms with Gasteiger partial charge < -0.3 is 25.9 Å². The number of fused-ring (bicyclic) bond motifs is 1. The first-order valence-electron chi connectivity index (χ1n) is 15.6. The van der Waals surface area contributed by atoms with Gasteiger partial charge in [0, 0.05) is 53.3 Å². The fraction of sp³-hybridized carbons (Fsp3) is 0.242. The van der Waals surface area contributed by atoms with Crippen molar-refractivity contribution in [3.63, 3.8) is 0 Å². The number of β-lactam (4-membered cyclic amide) rings is 1. The summed E-state index contributed by atoms with van der Waals surface area (Å²) in [7, 11) is 1.66. The molecule has 3 atom stereocenters. The molecule has 2 unspecified atom stereocenters. The van der Waals surface area contributed by atoms with E-state index in [2.05, 4.69) is 35.4 Å². The normalized spacial score (nSPS) is 20.3. The van der Waals surface area contributed by atoms with Crippen LogP contribution in [0.5, 0.6) is 0 Å². The van der Waals surface area contributed by atoms with E-state index in [4.69, 9.17) is 10.6 Å². The number of anilines is 1. The zero-order valence-electron chi connectivity index (χ0n) is 26.9.